The molecule has 0 radical (unpaired) electrons. The Hall–Kier alpha value is -1.88. The first-order valence-corrected chi connectivity index (χ1v) is 6.80. The summed E-state index contributed by atoms with van der Waals surface area (Å²) in [7, 11) is 0. The Balaban J connectivity index is 2.44. The molecule has 110 valence electrons. The Morgan fingerprint density at radius 2 is 1.95 bits per heavy atom. The smallest absolute Gasteiger partial charge is 0.307 e. The molecule has 0 fully saturated rings. The number of hydrogen-bond donors (Lipinski definition) is 3. The molecule has 1 unspecified atom stereocenters. The highest BCUT2D eigenvalue weighted by Crippen LogP contribution is 2.09. The molecule has 0 bridgehead atoms. The number of aliphatic carboxylic acids is 1. The number of carboxylic acid groups (broad SMARTS) is 1. The summed E-state index contributed by atoms with van der Waals surface area (Å²) in [6.45, 7) is 2.28. The van der Waals surface area contributed by atoms with Crippen LogP contribution in [-0.2, 0) is 22.6 Å². The van der Waals surface area contributed by atoms with Crippen molar-refractivity contribution in [2.24, 2.45) is 5.73 Å². The minimum absolute atomic E-state index is 0.0310. The molecule has 0 aliphatic heterocycles. The first-order chi connectivity index (χ1) is 9.49. The van der Waals surface area contributed by atoms with Crippen LogP contribution < -0.4 is 11.1 Å². The normalized spacial score (nSPS) is 11.9. The number of amides is 1. The molecule has 4 N–H and O–H groups in total. The van der Waals surface area contributed by atoms with Crippen LogP contribution in [-0.4, -0.2) is 23.0 Å². The molecular formula is C15H22N2O3. The quantitative estimate of drug-likeness (QED) is 0.671. The molecule has 0 saturated heterocycles. The van der Waals surface area contributed by atoms with E-state index in [-0.39, 0.29) is 18.4 Å². The minimum Gasteiger partial charge on any atom is -0.481 e. The van der Waals surface area contributed by atoms with Crippen LogP contribution in [0.3, 0.4) is 0 Å². The van der Waals surface area contributed by atoms with Gasteiger partial charge in [-0.1, -0.05) is 24.3 Å². The van der Waals surface area contributed by atoms with Crippen molar-refractivity contribution in [2.75, 3.05) is 0 Å². The molecule has 1 aromatic rings. The van der Waals surface area contributed by atoms with Crippen molar-refractivity contribution in [3.63, 3.8) is 0 Å². The van der Waals surface area contributed by atoms with Crippen molar-refractivity contribution in [1.29, 1.82) is 0 Å². The van der Waals surface area contributed by atoms with Crippen LogP contribution in [0.1, 0.15) is 37.3 Å². The van der Waals surface area contributed by atoms with Crippen LogP contribution in [0.5, 0.6) is 0 Å². The fourth-order valence-electron chi connectivity index (χ4n) is 1.93. The zero-order valence-corrected chi connectivity index (χ0v) is 11.8. The van der Waals surface area contributed by atoms with E-state index in [1.807, 2.05) is 19.1 Å². The largest absolute Gasteiger partial charge is 0.481 e. The first-order valence-electron chi connectivity index (χ1n) is 6.80. The summed E-state index contributed by atoms with van der Waals surface area (Å²) < 4.78 is 0. The number of carboxylic acids is 1. The van der Waals surface area contributed by atoms with Crippen LogP contribution in [0, 0.1) is 0 Å². The molecule has 0 aliphatic rings. The number of rotatable bonds is 8. The Labute approximate surface area is 119 Å². The third kappa shape index (κ3) is 6.33. The monoisotopic (exact) mass is 278 g/mol. The van der Waals surface area contributed by atoms with E-state index in [0.717, 1.165) is 24.0 Å². The van der Waals surface area contributed by atoms with Gasteiger partial charge in [-0.15, -0.1) is 0 Å². The summed E-state index contributed by atoms with van der Waals surface area (Å²) in [5.74, 6) is -0.906. The molecule has 0 spiro atoms. The zero-order valence-electron chi connectivity index (χ0n) is 11.8. The van der Waals surface area contributed by atoms with Crippen molar-refractivity contribution >= 4 is 11.9 Å². The fraction of sp³-hybridized carbons (Fsp3) is 0.467. The van der Waals surface area contributed by atoms with Crippen LogP contribution >= 0.6 is 0 Å². The van der Waals surface area contributed by atoms with E-state index in [1.165, 1.54) is 0 Å². The van der Waals surface area contributed by atoms with E-state index in [9.17, 15) is 9.59 Å². The number of hydrogen-bond acceptors (Lipinski definition) is 3. The Morgan fingerprint density at radius 1 is 1.30 bits per heavy atom. The summed E-state index contributed by atoms with van der Waals surface area (Å²) in [4.78, 5) is 22.4. The minimum atomic E-state index is -0.874. The second-order valence-electron chi connectivity index (χ2n) is 4.99. The van der Waals surface area contributed by atoms with Gasteiger partial charge in [0.05, 0.1) is 6.42 Å². The summed E-state index contributed by atoms with van der Waals surface area (Å²) in [6, 6.07) is 7.35. The number of benzene rings is 1. The molecule has 0 aliphatic carbocycles. The van der Waals surface area contributed by atoms with E-state index in [4.69, 9.17) is 10.8 Å². The lowest BCUT2D eigenvalue weighted by Gasteiger charge is -2.10. The predicted molar refractivity (Wildman–Crippen MR) is 77.1 cm³/mol. The fourth-order valence-corrected chi connectivity index (χ4v) is 1.93. The predicted octanol–water partition coefficient (Wildman–Crippen LogP) is 1.45. The maximum atomic E-state index is 11.7. The number of carbonyl (C=O) groups is 2. The molecule has 20 heavy (non-hydrogen) atoms. The van der Waals surface area contributed by atoms with Crippen molar-refractivity contribution in [2.45, 2.75) is 45.2 Å². The van der Waals surface area contributed by atoms with Gasteiger partial charge in [-0.05, 0) is 30.9 Å². The van der Waals surface area contributed by atoms with Gasteiger partial charge in [0.15, 0.2) is 0 Å². The Bertz CT molecular complexity index is 458. The highest BCUT2D eigenvalue weighted by Gasteiger charge is 2.08. The van der Waals surface area contributed by atoms with Gasteiger partial charge < -0.3 is 16.2 Å². The molecule has 1 rings (SSSR count). The zero-order chi connectivity index (χ0) is 15.0. The van der Waals surface area contributed by atoms with Gasteiger partial charge >= 0.3 is 5.97 Å². The maximum Gasteiger partial charge on any atom is 0.307 e. The molecule has 0 saturated carbocycles. The van der Waals surface area contributed by atoms with Crippen LogP contribution in [0.15, 0.2) is 24.3 Å². The molecule has 5 heteroatoms. The van der Waals surface area contributed by atoms with Crippen molar-refractivity contribution in [3.05, 3.63) is 35.4 Å². The molecule has 5 nitrogen and oxygen atoms in total. The van der Waals surface area contributed by atoms with Gasteiger partial charge in [0.25, 0.3) is 0 Å². The number of nitrogens with two attached hydrogens (primary N) is 1. The lowest BCUT2D eigenvalue weighted by atomic mass is 10.0. The van der Waals surface area contributed by atoms with Crippen molar-refractivity contribution in [1.82, 2.24) is 5.32 Å². The molecule has 0 aromatic heterocycles. The second-order valence-corrected chi connectivity index (χ2v) is 4.99. The van der Waals surface area contributed by atoms with Gasteiger partial charge in [-0.2, -0.15) is 0 Å². The third-order valence-electron chi connectivity index (χ3n) is 3.00. The van der Waals surface area contributed by atoms with Gasteiger partial charge in [0.1, 0.15) is 0 Å². The van der Waals surface area contributed by atoms with Crippen molar-refractivity contribution < 1.29 is 14.7 Å². The molecule has 0 heterocycles. The topological polar surface area (TPSA) is 92.4 Å². The third-order valence-corrected chi connectivity index (χ3v) is 3.00. The standard InChI is InChI=1S/C15H22N2O3/c1-11(16)5-4-8-14(18)17-10-13-7-3-2-6-12(13)9-15(19)20/h2-3,6-7,11H,4-5,8-10,16H2,1H3,(H,17,18)(H,19,20). The van der Waals surface area contributed by atoms with E-state index in [0.29, 0.717) is 13.0 Å². The first kappa shape index (κ1) is 16.2. The highest BCUT2D eigenvalue weighted by atomic mass is 16.4. The SMILES string of the molecule is CC(N)CCCC(=O)NCc1ccccc1CC(=O)O. The van der Waals surface area contributed by atoms with Gasteiger partial charge in [-0.3, -0.25) is 9.59 Å². The van der Waals surface area contributed by atoms with Crippen molar-refractivity contribution in [3.8, 4) is 0 Å². The van der Waals surface area contributed by atoms with Gasteiger partial charge in [-0.25, -0.2) is 0 Å². The maximum absolute atomic E-state index is 11.7. The lowest BCUT2D eigenvalue weighted by Crippen LogP contribution is -2.24. The summed E-state index contributed by atoms with van der Waals surface area (Å²) >= 11 is 0. The van der Waals surface area contributed by atoms with Crippen LogP contribution in [0.4, 0.5) is 0 Å². The summed E-state index contributed by atoms with van der Waals surface area (Å²) in [5, 5.41) is 11.7. The van der Waals surface area contributed by atoms with E-state index in [1.54, 1.807) is 12.1 Å². The summed E-state index contributed by atoms with van der Waals surface area (Å²) in [6.07, 6.45) is 2.00. The molecule has 1 amide bonds. The Morgan fingerprint density at radius 3 is 2.55 bits per heavy atom. The van der Waals surface area contributed by atoms with E-state index in [2.05, 4.69) is 5.32 Å². The molecule has 1 aromatic carbocycles. The van der Waals surface area contributed by atoms with Crippen LogP contribution in [0.25, 0.3) is 0 Å². The number of nitrogens with one attached hydrogen (secondary N) is 1. The number of carbonyl (C=O) groups excluding carboxylic acids is 1. The van der Waals surface area contributed by atoms with Crippen LogP contribution in [0.2, 0.25) is 0 Å². The van der Waals surface area contributed by atoms with E-state index < -0.39 is 5.97 Å². The average Bonchev–Trinajstić information content (AvgIpc) is 2.36. The van der Waals surface area contributed by atoms with Gasteiger partial charge in [0, 0.05) is 19.0 Å². The summed E-state index contributed by atoms with van der Waals surface area (Å²) in [5.41, 5.74) is 7.20. The van der Waals surface area contributed by atoms with Gasteiger partial charge in [0.2, 0.25) is 5.91 Å². The van der Waals surface area contributed by atoms with E-state index >= 15 is 0 Å². The lowest BCUT2D eigenvalue weighted by molar-refractivity contribution is -0.136. The Kier molecular flexibility index (Phi) is 6.73. The second kappa shape index (κ2) is 8.32. The average molecular weight is 278 g/mol. The highest BCUT2D eigenvalue weighted by molar-refractivity contribution is 5.76. The molecule has 1 atom stereocenters. The molecular weight excluding hydrogens is 256 g/mol.